The van der Waals surface area contributed by atoms with Gasteiger partial charge in [0.1, 0.15) is 0 Å². The zero-order chi connectivity index (χ0) is 20.7. The molecule has 0 N–H and O–H groups in total. The summed E-state index contributed by atoms with van der Waals surface area (Å²) in [6, 6.07) is 37.1. The van der Waals surface area contributed by atoms with Crippen LogP contribution in [0.15, 0.2) is 109 Å². The van der Waals surface area contributed by atoms with E-state index < -0.39 is 0 Å². The van der Waals surface area contributed by atoms with Crippen molar-refractivity contribution in [3.05, 3.63) is 131 Å². The van der Waals surface area contributed by atoms with Gasteiger partial charge in [-0.3, -0.25) is 0 Å². The van der Waals surface area contributed by atoms with Crippen LogP contribution in [0.25, 0.3) is 0 Å². The standard InChI is InChI=1S/C23H25O2.C5H5.Fe/c1-3-9-20(10-4-1)17-24-16-8-15-22-13-7-14-23(22)19-25-18-21-11-5-2-6-12-21;1-2-4-5-3-1;/h1-7,9-14H,8,15-19H2;1-5H;/q2*-1;+2. The molecule has 162 valence electrons. The molecule has 0 spiro atoms. The van der Waals surface area contributed by atoms with Crippen LogP contribution in [0.2, 0.25) is 0 Å². The van der Waals surface area contributed by atoms with E-state index in [1.54, 1.807) is 0 Å². The van der Waals surface area contributed by atoms with E-state index in [2.05, 4.69) is 42.5 Å². The van der Waals surface area contributed by atoms with Crippen LogP contribution >= 0.6 is 0 Å². The molecule has 4 aromatic rings. The third-order valence-electron chi connectivity index (χ3n) is 4.78. The molecule has 0 aliphatic heterocycles. The van der Waals surface area contributed by atoms with E-state index in [1.807, 2.05) is 66.7 Å². The van der Waals surface area contributed by atoms with Gasteiger partial charge in [-0.1, -0.05) is 67.1 Å². The van der Waals surface area contributed by atoms with Gasteiger partial charge in [-0.2, -0.15) is 29.8 Å². The van der Waals surface area contributed by atoms with Gasteiger partial charge in [0.25, 0.3) is 0 Å². The van der Waals surface area contributed by atoms with Crippen molar-refractivity contribution in [2.45, 2.75) is 32.7 Å². The van der Waals surface area contributed by atoms with Crippen LogP contribution in [0.1, 0.15) is 28.7 Å². The Morgan fingerprint density at radius 1 is 0.645 bits per heavy atom. The number of aryl methyl sites for hydroxylation is 1. The smallest absolute Gasteiger partial charge is 0.377 e. The molecule has 0 amide bonds. The van der Waals surface area contributed by atoms with Gasteiger partial charge in [-0.25, -0.2) is 24.3 Å². The van der Waals surface area contributed by atoms with Crippen LogP contribution in [0, 0.1) is 0 Å². The molecular formula is C28H30FeO2. The van der Waals surface area contributed by atoms with Crippen molar-refractivity contribution in [3.8, 4) is 0 Å². The Morgan fingerprint density at radius 3 is 1.84 bits per heavy atom. The molecule has 0 unspecified atom stereocenters. The zero-order valence-corrected chi connectivity index (χ0v) is 18.9. The minimum absolute atomic E-state index is 0. The summed E-state index contributed by atoms with van der Waals surface area (Å²) in [5, 5.41) is 0. The van der Waals surface area contributed by atoms with Gasteiger partial charge >= 0.3 is 17.1 Å². The summed E-state index contributed by atoms with van der Waals surface area (Å²) < 4.78 is 11.6. The molecule has 31 heavy (non-hydrogen) atoms. The Labute approximate surface area is 197 Å². The summed E-state index contributed by atoms with van der Waals surface area (Å²) in [7, 11) is 0. The number of rotatable bonds is 10. The van der Waals surface area contributed by atoms with E-state index in [0.29, 0.717) is 19.8 Å². The maximum Gasteiger partial charge on any atom is 2.00 e. The first-order chi connectivity index (χ1) is 14.9. The monoisotopic (exact) mass is 454 g/mol. The summed E-state index contributed by atoms with van der Waals surface area (Å²) in [6.07, 6.45) is 2.06. The van der Waals surface area contributed by atoms with Crippen LogP contribution in [0.3, 0.4) is 0 Å². The first-order valence-corrected chi connectivity index (χ1v) is 10.6. The zero-order valence-electron chi connectivity index (χ0n) is 17.8. The van der Waals surface area contributed by atoms with Crippen LogP contribution in [0.4, 0.5) is 0 Å². The topological polar surface area (TPSA) is 18.5 Å². The van der Waals surface area contributed by atoms with Crippen molar-refractivity contribution in [1.29, 1.82) is 0 Å². The van der Waals surface area contributed by atoms with Gasteiger partial charge in [-0.05, 0) is 17.5 Å². The van der Waals surface area contributed by atoms with E-state index in [4.69, 9.17) is 9.47 Å². The summed E-state index contributed by atoms with van der Waals surface area (Å²) in [5.41, 5.74) is 5.10. The van der Waals surface area contributed by atoms with Crippen molar-refractivity contribution in [3.63, 3.8) is 0 Å². The molecule has 0 bridgehead atoms. The fourth-order valence-corrected chi connectivity index (χ4v) is 3.18. The predicted octanol–water partition coefficient (Wildman–Crippen LogP) is 6.67. The van der Waals surface area contributed by atoms with Crippen LogP contribution < -0.4 is 0 Å². The number of hydrogen-bond acceptors (Lipinski definition) is 2. The summed E-state index contributed by atoms with van der Waals surface area (Å²) in [4.78, 5) is 0. The molecule has 0 aromatic heterocycles. The van der Waals surface area contributed by atoms with E-state index in [1.165, 1.54) is 22.3 Å². The van der Waals surface area contributed by atoms with Crippen LogP contribution in [-0.2, 0) is 52.8 Å². The van der Waals surface area contributed by atoms with E-state index >= 15 is 0 Å². The van der Waals surface area contributed by atoms with Gasteiger partial charge in [-0.15, -0.1) is 5.56 Å². The molecule has 0 heterocycles. The van der Waals surface area contributed by atoms with Crippen molar-refractivity contribution in [1.82, 2.24) is 0 Å². The molecule has 0 fully saturated rings. The molecule has 3 heteroatoms. The third-order valence-corrected chi connectivity index (χ3v) is 4.78. The van der Waals surface area contributed by atoms with Gasteiger partial charge in [0.15, 0.2) is 0 Å². The molecule has 0 saturated carbocycles. The Morgan fingerprint density at radius 2 is 1.26 bits per heavy atom. The Balaban J connectivity index is 0.000000501. The number of benzene rings is 2. The van der Waals surface area contributed by atoms with Crippen LogP contribution in [0.5, 0.6) is 0 Å². The van der Waals surface area contributed by atoms with Crippen molar-refractivity contribution < 1.29 is 26.5 Å². The average molecular weight is 454 g/mol. The Bertz CT molecular complexity index is 881. The predicted molar refractivity (Wildman–Crippen MR) is 123 cm³/mol. The molecule has 0 atom stereocenters. The first-order valence-electron chi connectivity index (χ1n) is 10.6. The molecule has 0 aliphatic carbocycles. The van der Waals surface area contributed by atoms with Crippen molar-refractivity contribution >= 4 is 0 Å². The maximum absolute atomic E-state index is 5.86. The van der Waals surface area contributed by atoms with E-state index in [0.717, 1.165) is 19.4 Å². The second-order valence-electron chi connectivity index (χ2n) is 7.16. The van der Waals surface area contributed by atoms with E-state index in [-0.39, 0.29) is 17.1 Å². The maximum atomic E-state index is 5.86. The normalized spacial score (nSPS) is 10.1. The fraction of sp³-hybridized carbons (Fsp3) is 0.214. The second-order valence-corrected chi connectivity index (χ2v) is 7.16. The van der Waals surface area contributed by atoms with Gasteiger partial charge in [0, 0.05) is 13.2 Å². The second kappa shape index (κ2) is 15.4. The molecule has 2 nitrogen and oxygen atoms in total. The van der Waals surface area contributed by atoms with Gasteiger partial charge < -0.3 is 9.47 Å². The van der Waals surface area contributed by atoms with Gasteiger partial charge in [0.05, 0.1) is 13.2 Å². The summed E-state index contributed by atoms with van der Waals surface area (Å²) >= 11 is 0. The molecule has 0 aliphatic rings. The molecule has 4 aromatic carbocycles. The summed E-state index contributed by atoms with van der Waals surface area (Å²) in [6.45, 7) is 2.80. The quantitative estimate of drug-likeness (QED) is 0.151. The minimum Gasteiger partial charge on any atom is -0.377 e. The molecule has 0 radical (unpaired) electrons. The molecule has 4 rings (SSSR count). The molecule has 0 saturated heterocycles. The number of ether oxygens (including phenoxy) is 2. The SMILES string of the molecule is [Fe+2].c1cc[cH-]c1.c1ccc(COCCC[c-]2cccc2COCc2ccccc2)cc1. The van der Waals surface area contributed by atoms with Crippen LogP contribution in [-0.4, -0.2) is 6.61 Å². The van der Waals surface area contributed by atoms with Gasteiger partial charge in [0.2, 0.25) is 0 Å². The van der Waals surface area contributed by atoms with E-state index in [9.17, 15) is 0 Å². The molecular weight excluding hydrogens is 424 g/mol. The minimum atomic E-state index is 0. The fourth-order valence-electron chi connectivity index (χ4n) is 3.18. The van der Waals surface area contributed by atoms with Crippen molar-refractivity contribution in [2.24, 2.45) is 0 Å². The number of hydrogen-bond donors (Lipinski definition) is 0. The average Bonchev–Trinajstić information content (AvgIpc) is 3.51. The summed E-state index contributed by atoms with van der Waals surface area (Å²) in [5.74, 6) is 0. The third kappa shape index (κ3) is 9.95. The Hall–Kier alpha value is -2.42. The Kier molecular flexibility index (Phi) is 12.3. The largest absolute Gasteiger partial charge is 2.00 e. The first kappa shape index (κ1) is 24.8. The van der Waals surface area contributed by atoms with Crippen molar-refractivity contribution in [2.75, 3.05) is 6.61 Å².